The molecule has 0 atom stereocenters. The Balaban J connectivity index is 1.34. The van der Waals surface area contributed by atoms with E-state index in [-0.39, 0.29) is 5.41 Å². The van der Waals surface area contributed by atoms with E-state index in [2.05, 4.69) is 147 Å². The van der Waals surface area contributed by atoms with Gasteiger partial charge in [-0.05, 0) is 74.8 Å². The molecule has 0 fully saturated rings. The molecule has 0 saturated carbocycles. The molecule has 2 heteroatoms. The van der Waals surface area contributed by atoms with Gasteiger partial charge in [-0.15, -0.1) is 0 Å². The average Bonchev–Trinajstić information content (AvgIpc) is 3.35. The molecule has 2 heterocycles. The van der Waals surface area contributed by atoms with Gasteiger partial charge >= 0.3 is 0 Å². The Hall–Kier alpha value is -5.60. The van der Waals surface area contributed by atoms with Crippen LogP contribution >= 0.6 is 0 Å². The Kier molecular flexibility index (Phi) is 6.50. The van der Waals surface area contributed by atoms with E-state index in [9.17, 15) is 0 Å². The maximum Gasteiger partial charge on any atom is 0.0715 e. The number of benzene rings is 5. The quantitative estimate of drug-likeness (QED) is 0.204. The lowest BCUT2D eigenvalue weighted by Gasteiger charge is -2.22. The van der Waals surface area contributed by atoms with E-state index >= 15 is 0 Å². The summed E-state index contributed by atoms with van der Waals surface area (Å²) in [5.74, 6) is 0. The molecule has 7 aromatic rings. The lowest BCUT2D eigenvalue weighted by Crippen LogP contribution is -2.14. The van der Waals surface area contributed by atoms with E-state index in [0.29, 0.717) is 0 Å². The fraction of sp³-hybridized carbons (Fsp3) is 0.0698. The van der Waals surface area contributed by atoms with Crippen LogP contribution in [0.15, 0.2) is 158 Å². The van der Waals surface area contributed by atoms with Gasteiger partial charge in [0, 0.05) is 28.3 Å². The predicted molar refractivity (Wildman–Crippen MR) is 187 cm³/mol. The molecule has 214 valence electrons. The second kappa shape index (κ2) is 10.8. The summed E-state index contributed by atoms with van der Waals surface area (Å²) in [6.07, 6.45) is 1.90. The molecule has 45 heavy (non-hydrogen) atoms. The summed E-state index contributed by atoms with van der Waals surface area (Å²) in [4.78, 5) is 10.00. The molecule has 0 amide bonds. The van der Waals surface area contributed by atoms with Crippen LogP contribution in [0.4, 0.5) is 0 Å². The van der Waals surface area contributed by atoms with Gasteiger partial charge in [-0.25, -0.2) is 4.98 Å². The number of nitrogens with zero attached hydrogens (tertiary/aromatic N) is 2. The molecule has 0 N–H and O–H groups in total. The van der Waals surface area contributed by atoms with Crippen molar-refractivity contribution in [3.8, 4) is 67.2 Å². The molecule has 0 bridgehead atoms. The first-order valence-corrected chi connectivity index (χ1v) is 15.5. The Bertz CT molecular complexity index is 2110. The zero-order valence-corrected chi connectivity index (χ0v) is 25.4. The first-order chi connectivity index (χ1) is 22.1. The monoisotopic (exact) mass is 576 g/mol. The lowest BCUT2D eigenvalue weighted by molar-refractivity contribution is 0.660. The summed E-state index contributed by atoms with van der Waals surface area (Å²) < 4.78 is 0. The van der Waals surface area contributed by atoms with Crippen LogP contribution in [0.1, 0.15) is 25.0 Å². The first kappa shape index (κ1) is 27.0. The molecule has 8 rings (SSSR count). The smallest absolute Gasteiger partial charge is 0.0715 e. The fourth-order valence-corrected chi connectivity index (χ4v) is 6.89. The van der Waals surface area contributed by atoms with Crippen LogP contribution in [-0.4, -0.2) is 9.97 Å². The Morgan fingerprint density at radius 1 is 0.400 bits per heavy atom. The highest BCUT2D eigenvalue weighted by Gasteiger charge is 2.37. The van der Waals surface area contributed by atoms with Crippen molar-refractivity contribution < 1.29 is 0 Å². The van der Waals surface area contributed by atoms with Crippen molar-refractivity contribution >= 4 is 0 Å². The third-order valence-corrected chi connectivity index (χ3v) is 9.14. The second-order valence-electron chi connectivity index (χ2n) is 12.2. The van der Waals surface area contributed by atoms with E-state index < -0.39 is 0 Å². The van der Waals surface area contributed by atoms with Gasteiger partial charge in [0.1, 0.15) is 0 Å². The van der Waals surface area contributed by atoms with Gasteiger partial charge in [0.25, 0.3) is 0 Å². The molecule has 0 radical (unpaired) electrons. The normalized spacial score (nSPS) is 12.8. The molecule has 1 aliphatic carbocycles. The Morgan fingerprint density at radius 3 is 1.71 bits per heavy atom. The number of aromatic nitrogens is 2. The standard InChI is InChI=1S/C43H32N2/c1-43(2)36-21-10-9-20-35(36)41-37(43)24-23-34(42(41)38-22-11-12-25-44-38)32-19-13-18-31(26-32)33-27-39(29-14-5-3-6-15-29)45-40(28-33)30-16-7-4-8-17-30/h3-28H,1-2H3. The highest BCUT2D eigenvalue weighted by Crippen LogP contribution is 2.54. The number of hydrogen-bond donors (Lipinski definition) is 0. The third-order valence-electron chi connectivity index (χ3n) is 9.14. The molecular formula is C43H32N2. The molecule has 0 unspecified atom stereocenters. The Morgan fingerprint density at radius 2 is 1.02 bits per heavy atom. The largest absolute Gasteiger partial charge is 0.256 e. The summed E-state index contributed by atoms with van der Waals surface area (Å²) in [5.41, 5.74) is 16.1. The van der Waals surface area contributed by atoms with Crippen LogP contribution in [0, 0.1) is 0 Å². The van der Waals surface area contributed by atoms with Crippen molar-refractivity contribution in [1.29, 1.82) is 0 Å². The van der Waals surface area contributed by atoms with Gasteiger partial charge in [-0.2, -0.15) is 0 Å². The SMILES string of the molecule is CC1(C)c2ccccc2-c2c1ccc(-c1cccc(-c3cc(-c4ccccc4)nc(-c4ccccc4)c3)c1)c2-c1ccccn1. The predicted octanol–water partition coefficient (Wildman–Crippen LogP) is 11.1. The van der Waals surface area contributed by atoms with E-state index in [4.69, 9.17) is 9.97 Å². The van der Waals surface area contributed by atoms with Crippen LogP contribution < -0.4 is 0 Å². The van der Waals surface area contributed by atoms with Crippen molar-refractivity contribution in [1.82, 2.24) is 9.97 Å². The summed E-state index contributed by atoms with van der Waals surface area (Å²) in [5, 5.41) is 0. The van der Waals surface area contributed by atoms with Gasteiger partial charge in [0.2, 0.25) is 0 Å². The maximum atomic E-state index is 5.10. The molecule has 0 spiro atoms. The van der Waals surface area contributed by atoms with Gasteiger partial charge in [-0.1, -0.05) is 135 Å². The molecule has 2 nitrogen and oxygen atoms in total. The number of pyridine rings is 2. The van der Waals surface area contributed by atoms with Crippen molar-refractivity contribution in [2.45, 2.75) is 19.3 Å². The van der Waals surface area contributed by atoms with Crippen LogP contribution in [0.25, 0.3) is 67.2 Å². The molecule has 0 aliphatic heterocycles. The van der Waals surface area contributed by atoms with Gasteiger partial charge in [-0.3, -0.25) is 4.98 Å². The lowest BCUT2D eigenvalue weighted by atomic mass is 9.81. The summed E-state index contributed by atoms with van der Waals surface area (Å²) >= 11 is 0. The maximum absolute atomic E-state index is 5.10. The molecule has 2 aromatic heterocycles. The minimum absolute atomic E-state index is 0.0887. The zero-order chi connectivity index (χ0) is 30.4. The Labute approximate surface area is 264 Å². The van der Waals surface area contributed by atoms with Crippen LogP contribution in [0.5, 0.6) is 0 Å². The van der Waals surface area contributed by atoms with Crippen molar-refractivity contribution in [2.75, 3.05) is 0 Å². The molecular weight excluding hydrogens is 544 g/mol. The molecule has 0 saturated heterocycles. The van der Waals surface area contributed by atoms with Crippen LogP contribution in [0.3, 0.4) is 0 Å². The highest BCUT2D eigenvalue weighted by molar-refractivity contribution is 5.99. The number of hydrogen-bond acceptors (Lipinski definition) is 2. The second-order valence-corrected chi connectivity index (χ2v) is 12.2. The van der Waals surface area contributed by atoms with Gasteiger partial charge in [0.05, 0.1) is 17.1 Å². The minimum atomic E-state index is -0.0887. The summed E-state index contributed by atoms with van der Waals surface area (Å²) in [6, 6.07) is 53.9. The van der Waals surface area contributed by atoms with Crippen LogP contribution in [0.2, 0.25) is 0 Å². The van der Waals surface area contributed by atoms with E-state index in [1.54, 1.807) is 0 Å². The van der Waals surface area contributed by atoms with Gasteiger partial charge in [0.15, 0.2) is 0 Å². The van der Waals surface area contributed by atoms with Crippen molar-refractivity contribution in [2.24, 2.45) is 0 Å². The summed E-state index contributed by atoms with van der Waals surface area (Å²) in [7, 11) is 0. The number of rotatable bonds is 5. The molecule has 1 aliphatic rings. The topological polar surface area (TPSA) is 25.8 Å². The first-order valence-electron chi connectivity index (χ1n) is 15.5. The third kappa shape index (κ3) is 4.67. The van der Waals surface area contributed by atoms with Crippen molar-refractivity contribution in [3.05, 3.63) is 169 Å². The summed E-state index contributed by atoms with van der Waals surface area (Å²) in [6.45, 7) is 4.66. The number of fused-ring (bicyclic) bond motifs is 3. The van der Waals surface area contributed by atoms with Crippen molar-refractivity contribution in [3.63, 3.8) is 0 Å². The zero-order valence-electron chi connectivity index (χ0n) is 25.4. The van der Waals surface area contributed by atoms with E-state index in [0.717, 1.165) is 44.9 Å². The average molecular weight is 577 g/mol. The fourth-order valence-electron chi connectivity index (χ4n) is 6.89. The minimum Gasteiger partial charge on any atom is -0.256 e. The molecule has 5 aromatic carbocycles. The van der Waals surface area contributed by atoms with Gasteiger partial charge < -0.3 is 0 Å². The van der Waals surface area contributed by atoms with E-state index in [1.165, 1.54) is 33.4 Å². The van der Waals surface area contributed by atoms with E-state index in [1.807, 2.05) is 24.4 Å². The highest BCUT2D eigenvalue weighted by atomic mass is 14.7. The van der Waals surface area contributed by atoms with Crippen LogP contribution in [-0.2, 0) is 5.41 Å².